The fourth-order valence-corrected chi connectivity index (χ4v) is 2.07. The van der Waals surface area contributed by atoms with Crippen LogP contribution in [0.4, 0.5) is 0 Å². The fraction of sp³-hybridized carbons (Fsp3) is 0.417. The van der Waals surface area contributed by atoms with Gasteiger partial charge in [0.15, 0.2) is 0 Å². The minimum absolute atomic E-state index is 0.0502. The molecule has 1 amide bonds. The average Bonchev–Trinajstić information content (AvgIpc) is 3.01. The maximum Gasteiger partial charge on any atom is 0.251 e. The van der Waals surface area contributed by atoms with Gasteiger partial charge in [-0.2, -0.15) is 0 Å². The molecule has 1 aromatic carbocycles. The summed E-state index contributed by atoms with van der Waals surface area (Å²) in [6.45, 7) is 0.814. The van der Waals surface area contributed by atoms with Crippen LogP contribution in [0.25, 0.3) is 0 Å². The van der Waals surface area contributed by atoms with Gasteiger partial charge in [0, 0.05) is 15.7 Å². The maximum atomic E-state index is 11.7. The van der Waals surface area contributed by atoms with Crippen LogP contribution in [0.15, 0.2) is 24.3 Å². The summed E-state index contributed by atoms with van der Waals surface area (Å²) in [4.78, 5) is 11.7. The van der Waals surface area contributed by atoms with Crippen LogP contribution in [0.2, 0.25) is 0 Å². The highest BCUT2D eigenvalue weighted by Crippen LogP contribution is 2.31. The van der Waals surface area contributed by atoms with Crippen LogP contribution in [0, 0.1) is 9.49 Å². The first-order valence-corrected chi connectivity index (χ1v) is 6.37. The fourth-order valence-electron chi connectivity index (χ4n) is 1.53. The molecule has 1 aliphatic carbocycles. The summed E-state index contributed by atoms with van der Waals surface area (Å²) in [5, 5.41) is 2.96. The van der Waals surface area contributed by atoms with Gasteiger partial charge < -0.3 is 5.32 Å². The summed E-state index contributed by atoms with van der Waals surface area (Å²) in [6, 6.07) is 7.67. The molecule has 0 unspecified atom stereocenters. The Morgan fingerprint density at radius 1 is 1.47 bits per heavy atom. The average molecular weight is 315 g/mol. The van der Waals surface area contributed by atoms with Gasteiger partial charge in [-0.15, -0.1) is 0 Å². The summed E-state index contributed by atoms with van der Waals surface area (Å²) in [7, 11) is 0. The smallest absolute Gasteiger partial charge is 0.251 e. The molecule has 1 N–H and O–H groups in total. The molecule has 0 bridgehead atoms. The topological polar surface area (TPSA) is 29.1 Å². The van der Waals surface area contributed by atoms with Gasteiger partial charge in [-0.3, -0.25) is 4.79 Å². The van der Waals surface area contributed by atoms with Crippen molar-refractivity contribution >= 4 is 28.5 Å². The quantitative estimate of drug-likeness (QED) is 0.851. The third kappa shape index (κ3) is 3.48. The number of benzene rings is 1. The van der Waals surface area contributed by atoms with Gasteiger partial charge in [0.05, 0.1) is 0 Å². The first-order chi connectivity index (χ1) is 7.25. The molecule has 0 aromatic heterocycles. The second-order valence-corrected chi connectivity index (χ2v) is 5.24. The molecule has 1 saturated carbocycles. The number of rotatable bonds is 4. The molecule has 3 heteroatoms. The van der Waals surface area contributed by atoms with Gasteiger partial charge in [-0.25, -0.2) is 0 Å². The van der Waals surface area contributed by atoms with E-state index in [-0.39, 0.29) is 5.91 Å². The second kappa shape index (κ2) is 4.96. The monoisotopic (exact) mass is 315 g/mol. The highest BCUT2D eigenvalue weighted by Gasteiger charge is 2.20. The molecule has 2 nitrogen and oxygen atoms in total. The normalized spacial score (nSPS) is 15.0. The lowest BCUT2D eigenvalue weighted by atomic mass is 10.2. The molecule has 15 heavy (non-hydrogen) atoms. The van der Waals surface area contributed by atoms with E-state index >= 15 is 0 Å². The molecule has 0 saturated heterocycles. The lowest BCUT2D eigenvalue weighted by molar-refractivity contribution is 0.0952. The van der Waals surface area contributed by atoms with Crippen LogP contribution < -0.4 is 5.32 Å². The molecule has 2 rings (SSSR count). The van der Waals surface area contributed by atoms with Crippen molar-refractivity contribution in [3.8, 4) is 0 Å². The Kier molecular flexibility index (Phi) is 3.61. The van der Waals surface area contributed by atoms with Crippen molar-refractivity contribution in [3.63, 3.8) is 0 Å². The largest absolute Gasteiger partial charge is 0.352 e. The number of nitrogens with one attached hydrogen (secondary N) is 1. The van der Waals surface area contributed by atoms with E-state index in [0.717, 1.165) is 28.0 Å². The molecule has 1 fully saturated rings. The number of hydrogen-bond donors (Lipinski definition) is 1. The molecule has 0 heterocycles. The van der Waals surface area contributed by atoms with E-state index in [9.17, 15) is 4.79 Å². The molecular weight excluding hydrogens is 301 g/mol. The van der Waals surface area contributed by atoms with E-state index in [1.54, 1.807) is 0 Å². The zero-order chi connectivity index (χ0) is 10.7. The number of carbonyl (C=O) groups excluding carboxylic acids is 1. The Bertz CT molecular complexity index is 360. The third-order valence-electron chi connectivity index (χ3n) is 2.62. The molecular formula is C12H14INO. The van der Waals surface area contributed by atoms with Gasteiger partial charge in [0.2, 0.25) is 0 Å². The predicted molar refractivity (Wildman–Crippen MR) is 68.8 cm³/mol. The van der Waals surface area contributed by atoms with E-state index in [0.29, 0.717) is 0 Å². The van der Waals surface area contributed by atoms with Crippen molar-refractivity contribution in [1.29, 1.82) is 0 Å². The van der Waals surface area contributed by atoms with Crippen molar-refractivity contribution < 1.29 is 4.79 Å². The number of hydrogen-bond acceptors (Lipinski definition) is 1. The first kappa shape index (κ1) is 10.9. The van der Waals surface area contributed by atoms with Crippen LogP contribution >= 0.6 is 22.6 Å². The summed E-state index contributed by atoms with van der Waals surface area (Å²) >= 11 is 2.22. The summed E-state index contributed by atoms with van der Waals surface area (Å²) < 4.78 is 1.10. The summed E-state index contributed by atoms with van der Waals surface area (Å²) in [6.07, 6.45) is 3.83. The zero-order valence-corrected chi connectivity index (χ0v) is 10.7. The van der Waals surface area contributed by atoms with Gasteiger partial charge in [-0.05, 0) is 53.1 Å². The standard InChI is InChI=1S/C12H14INO/c13-11-3-1-2-10(8-11)12(15)14-7-6-9-4-5-9/h1-3,8-9H,4-7H2,(H,14,15). The Morgan fingerprint density at radius 3 is 2.93 bits per heavy atom. The molecule has 80 valence electrons. The number of halogens is 1. The molecule has 0 atom stereocenters. The Labute approximate surface area is 104 Å². The highest BCUT2D eigenvalue weighted by molar-refractivity contribution is 14.1. The minimum atomic E-state index is 0.0502. The SMILES string of the molecule is O=C(NCCC1CC1)c1cccc(I)c1. The lowest BCUT2D eigenvalue weighted by Crippen LogP contribution is -2.24. The van der Waals surface area contributed by atoms with Crippen LogP contribution in [0.3, 0.4) is 0 Å². The van der Waals surface area contributed by atoms with Crippen molar-refractivity contribution in [1.82, 2.24) is 5.32 Å². The van der Waals surface area contributed by atoms with Gasteiger partial charge in [0.25, 0.3) is 5.91 Å². The van der Waals surface area contributed by atoms with Gasteiger partial charge >= 0.3 is 0 Å². The number of amides is 1. The van der Waals surface area contributed by atoms with Crippen LogP contribution in [0.5, 0.6) is 0 Å². The minimum Gasteiger partial charge on any atom is -0.352 e. The highest BCUT2D eigenvalue weighted by atomic mass is 127. The Balaban J connectivity index is 1.83. The van der Waals surface area contributed by atoms with Crippen molar-refractivity contribution in [2.75, 3.05) is 6.54 Å². The summed E-state index contributed by atoms with van der Waals surface area (Å²) in [5.74, 6) is 0.926. The molecule has 0 aliphatic heterocycles. The van der Waals surface area contributed by atoms with Crippen LogP contribution in [-0.2, 0) is 0 Å². The molecule has 1 aliphatic rings. The lowest BCUT2D eigenvalue weighted by Gasteiger charge is -2.04. The van der Waals surface area contributed by atoms with E-state index in [2.05, 4.69) is 27.9 Å². The van der Waals surface area contributed by atoms with E-state index in [4.69, 9.17) is 0 Å². The van der Waals surface area contributed by atoms with Crippen molar-refractivity contribution in [2.24, 2.45) is 5.92 Å². The van der Waals surface area contributed by atoms with Crippen LogP contribution in [-0.4, -0.2) is 12.5 Å². The van der Waals surface area contributed by atoms with Crippen molar-refractivity contribution in [3.05, 3.63) is 33.4 Å². The van der Waals surface area contributed by atoms with E-state index < -0.39 is 0 Å². The van der Waals surface area contributed by atoms with E-state index in [1.807, 2.05) is 24.3 Å². The zero-order valence-electron chi connectivity index (χ0n) is 8.50. The second-order valence-electron chi connectivity index (χ2n) is 4.00. The Morgan fingerprint density at radius 2 is 2.27 bits per heavy atom. The molecule has 0 radical (unpaired) electrons. The van der Waals surface area contributed by atoms with Crippen LogP contribution in [0.1, 0.15) is 29.6 Å². The molecule has 0 spiro atoms. The van der Waals surface area contributed by atoms with Gasteiger partial charge in [-0.1, -0.05) is 18.9 Å². The predicted octanol–water partition coefficient (Wildman–Crippen LogP) is 2.82. The number of carbonyl (C=O) groups is 1. The van der Waals surface area contributed by atoms with Crippen molar-refractivity contribution in [2.45, 2.75) is 19.3 Å². The van der Waals surface area contributed by atoms with E-state index in [1.165, 1.54) is 12.8 Å². The maximum absolute atomic E-state index is 11.7. The van der Waals surface area contributed by atoms with Gasteiger partial charge in [0.1, 0.15) is 0 Å². The first-order valence-electron chi connectivity index (χ1n) is 5.29. The Hall–Kier alpha value is -0.580. The summed E-state index contributed by atoms with van der Waals surface area (Å²) in [5.41, 5.74) is 0.762. The molecule has 1 aromatic rings. The third-order valence-corrected chi connectivity index (χ3v) is 3.29.